The Kier molecular flexibility index (Phi) is 4.92. The molecule has 0 bridgehead atoms. The van der Waals surface area contributed by atoms with Gasteiger partial charge in [-0.3, -0.25) is 0 Å². The maximum absolute atomic E-state index is 11.0. The molecule has 1 fully saturated rings. The lowest BCUT2D eigenvalue weighted by molar-refractivity contribution is -0.114. The number of aldehydes is 1. The van der Waals surface area contributed by atoms with Crippen molar-refractivity contribution in [2.75, 3.05) is 6.61 Å². The zero-order valence-corrected chi connectivity index (χ0v) is 13.2. The van der Waals surface area contributed by atoms with E-state index >= 15 is 0 Å². The molecule has 0 saturated carbocycles. The van der Waals surface area contributed by atoms with Gasteiger partial charge in [0.25, 0.3) is 0 Å². The fourth-order valence-corrected chi connectivity index (χ4v) is 3.14. The largest absolute Gasteiger partial charge is 0.408 e. The van der Waals surface area contributed by atoms with Gasteiger partial charge in [0, 0.05) is 12.5 Å². The van der Waals surface area contributed by atoms with E-state index in [0.717, 1.165) is 12.7 Å². The van der Waals surface area contributed by atoms with E-state index in [1.807, 2.05) is 0 Å². The molecule has 0 radical (unpaired) electrons. The highest BCUT2D eigenvalue weighted by molar-refractivity contribution is 6.74. The zero-order chi connectivity index (χ0) is 14.0. The van der Waals surface area contributed by atoms with Gasteiger partial charge in [-0.25, -0.2) is 0 Å². The second-order valence-electron chi connectivity index (χ2n) is 6.50. The summed E-state index contributed by atoms with van der Waals surface area (Å²) in [5, 5.41) is 0.142. The molecule has 0 aromatic heterocycles. The van der Waals surface area contributed by atoms with Gasteiger partial charge in [-0.05, 0) is 24.6 Å². The molecule has 0 aromatic rings. The fourth-order valence-electron chi connectivity index (χ4n) is 1.88. The molecular formula is C14H26O3Si. The van der Waals surface area contributed by atoms with E-state index in [1.54, 1.807) is 6.08 Å². The van der Waals surface area contributed by atoms with Gasteiger partial charge in [-0.15, -0.1) is 6.58 Å². The van der Waals surface area contributed by atoms with Crippen LogP contribution in [0.15, 0.2) is 12.7 Å². The minimum absolute atomic E-state index is 0.0576. The Morgan fingerprint density at radius 1 is 1.44 bits per heavy atom. The van der Waals surface area contributed by atoms with Gasteiger partial charge in [0.05, 0.1) is 12.2 Å². The first-order valence-electron chi connectivity index (χ1n) is 6.60. The Labute approximate surface area is 112 Å². The van der Waals surface area contributed by atoms with E-state index in [2.05, 4.69) is 40.4 Å². The normalized spacial score (nSPS) is 26.9. The highest BCUT2D eigenvalue weighted by Gasteiger charge is 2.42. The SMILES string of the molecule is C=CC(O[Si](C)(C)C(C)(C)C)[C@@H]1OCC[C@H]1C=O. The number of hydrogen-bond acceptors (Lipinski definition) is 3. The Hall–Kier alpha value is -0.453. The van der Waals surface area contributed by atoms with E-state index in [-0.39, 0.29) is 23.2 Å². The highest BCUT2D eigenvalue weighted by atomic mass is 28.4. The molecule has 1 heterocycles. The van der Waals surface area contributed by atoms with Gasteiger partial charge in [-0.2, -0.15) is 0 Å². The van der Waals surface area contributed by atoms with E-state index in [1.165, 1.54) is 0 Å². The molecule has 1 unspecified atom stereocenters. The van der Waals surface area contributed by atoms with Crippen LogP contribution in [0.4, 0.5) is 0 Å². The second-order valence-corrected chi connectivity index (χ2v) is 11.3. The van der Waals surface area contributed by atoms with Crippen LogP contribution in [-0.4, -0.2) is 33.4 Å². The van der Waals surface area contributed by atoms with Gasteiger partial charge < -0.3 is 14.0 Å². The van der Waals surface area contributed by atoms with E-state index in [0.29, 0.717) is 6.61 Å². The molecule has 0 spiro atoms. The molecule has 1 aliphatic heterocycles. The number of carbonyl (C=O) groups excluding carboxylic acids is 1. The van der Waals surface area contributed by atoms with Crippen LogP contribution < -0.4 is 0 Å². The molecule has 1 saturated heterocycles. The summed E-state index contributed by atoms with van der Waals surface area (Å²) in [7, 11) is -1.87. The van der Waals surface area contributed by atoms with Crippen LogP contribution in [0.3, 0.4) is 0 Å². The summed E-state index contributed by atoms with van der Waals surface area (Å²) < 4.78 is 12.0. The Balaban J connectivity index is 2.79. The minimum Gasteiger partial charge on any atom is -0.408 e. The summed E-state index contributed by atoms with van der Waals surface area (Å²) in [6.45, 7) is 15.5. The maximum Gasteiger partial charge on any atom is 0.193 e. The second kappa shape index (κ2) is 5.68. The van der Waals surface area contributed by atoms with Crippen molar-refractivity contribution in [3.8, 4) is 0 Å². The predicted octanol–water partition coefficient (Wildman–Crippen LogP) is 3.17. The van der Waals surface area contributed by atoms with E-state index < -0.39 is 8.32 Å². The van der Waals surface area contributed by atoms with E-state index in [4.69, 9.17) is 9.16 Å². The minimum atomic E-state index is -1.87. The summed E-state index contributed by atoms with van der Waals surface area (Å²) in [5.74, 6) is -0.0576. The quantitative estimate of drug-likeness (QED) is 0.437. The Morgan fingerprint density at radius 2 is 2.06 bits per heavy atom. The van der Waals surface area contributed by atoms with Crippen molar-refractivity contribution in [3.63, 3.8) is 0 Å². The maximum atomic E-state index is 11.0. The van der Waals surface area contributed by atoms with Crippen molar-refractivity contribution in [1.29, 1.82) is 0 Å². The molecule has 3 nitrogen and oxygen atoms in total. The van der Waals surface area contributed by atoms with Crippen LogP contribution in [0.2, 0.25) is 18.1 Å². The van der Waals surface area contributed by atoms with Gasteiger partial charge >= 0.3 is 0 Å². The van der Waals surface area contributed by atoms with Gasteiger partial charge in [-0.1, -0.05) is 26.8 Å². The summed E-state index contributed by atoms with van der Waals surface area (Å²) in [4.78, 5) is 11.0. The first-order chi connectivity index (χ1) is 8.23. The van der Waals surface area contributed by atoms with Crippen LogP contribution in [0, 0.1) is 5.92 Å². The molecule has 104 valence electrons. The standard InChI is InChI=1S/C14H26O3Si/c1-7-12(13-11(10-15)8-9-16-13)17-18(5,6)14(2,3)4/h7,10-13H,1,8-9H2,2-6H3/t11-,12?,13+/m0/s1. The molecule has 0 N–H and O–H groups in total. The molecule has 0 amide bonds. The van der Waals surface area contributed by atoms with Gasteiger partial charge in [0.2, 0.25) is 0 Å². The smallest absolute Gasteiger partial charge is 0.193 e. The third-order valence-electron chi connectivity index (χ3n) is 4.15. The van der Waals surface area contributed by atoms with Crippen LogP contribution in [0.5, 0.6) is 0 Å². The fraction of sp³-hybridized carbons (Fsp3) is 0.786. The number of carbonyl (C=O) groups is 1. The van der Waals surface area contributed by atoms with E-state index in [9.17, 15) is 4.79 Å². The molecule has 18 heavy (non-hydrogen) atoms. The van der Waals surface area contributed by atoms with Crippen LogP contribution >= 0.6 is 0 Å². The lowest BCUT2D eigenvalue weighted by Gasteiger charge is -2.40. The molecule has 4 heteroatoms. The predicted molar refractivity (Wildman–Crippen MR) is 76.2 cm³/mol. The zero-order valence-electron chi connectivity index (χ0n) is 12.2. The van der Waals surface area contributed by atoms with Gasteiger partial charge in [0.15, 0.2) is 8.32 Å². The average Bonchev–Trinajstić information content (AvgIpc) is 2.72. The summed E-state index contributed by atoms with van der Waals surface area (Å²) in [6.07, 6.45) is 3.23. The first-order valence-corrected chi connectivity index (χ1v) is 9.51. The van der Waals surface area contributed by atoms with Crippen LogP contribution in [0.1, 0.15) is 27.2 Å². The molecule has 1 rings (SSSR count). The first kappa shape index (κ1) is 15.6. The van der Waals surface area contributed by atoms with Crippen molar-refractivity contribution < 1.29 is 14.0 Å². The number of rotatable bonds is 5. The van der Waals surface area contributed by atoms with Crippen LogP contribution in [0.25, 0.3) is 0 Å². The molecule has 3 atom stereocenters. The Bertz CT molecular complexity index is 307. The van der Waals surface area contributed by atoms with Crippen molar-refractivity contribution >= 4 is 14.6 Å². The number of hydrogen-bond donors (Lipinski definition) is 0. The van der Waals surface area contributed by atoms with Crippen molar-refractivity contribution in [2.45, 2.75) is 57.5 Å². The highest BCUT2D eigenvalue weighted by Crippen LogP contribution is 2.39. The molecular weight excluding hydrogens is 244 g/mol. The van der Waals surface area contributed by atoms with Crippen molar-refractivity contribution in [1.82, 2.24) is 0 Å². The number of ether oxygens (including phenoxy) is 1. The lowest BCUT2D eigenvalue weighted by atomic mass is 9.99. The summed E-state index contributed by atoms with van der Waals surface area (Å²) in [6, 6.07) is 0. The summed E-state index contributed by atoms with van der Waals surface area (Å²) >= 11 is 0. The van der Waals surface area contributed by atoms with Crippen LogP contribution in [-0.2, 0) is 14.0 Å². The lowest BCUT2D eigenvalue weighted by Crippen LogP contribution is -2.47. The monoisotopic (exact) mass is 270 g/mol. The topological polar surface area (TPSA) is 35.5 Å². The average molecular weight is 270 g/mol. The third kappa shape index (κ3) is 3.31. The molecule has 0 aliphatic carbocycles. The molecule has 1 aliphatic rings. The van der Waals surface area contributed by atoms with Crippen molar-refractivity contribution in [2.24, 2.45) is 5.92 Å². The van der Waals surface area contributed by atoms with Crippen molar-refractivity contribution in [3.05, 3.63) is 12.7 Å². The summed E-state index contributed by atoms with van der Waals surface area (Å²) in [5.41, 5.74) is 0. The van der Waals surface area contributed by atoms with Gasteiger partial charge in [0.1, 0.15) is 6.29 Å². The molecule has 0 aromatic carbocycles. The third-order valence-corrected chi connectivity index (χ3v) is 8.63. The Morgan fingerprint density at radius 3 is 2.50 bits per heavy atom.